The van der Waals surface area contributed by atoms with Crippen LogP contribution in [-0.2, 0) is 0 Å². The first-order chi connectivity index (χ1) is 8.10. The predicted octanol–water partition coefficient (Wildman–Crippen LogP) is 3.35. The van der Waals surface area contributed by atoms with Gasteiger partial charge in [-0.25, -0.2) is 8.78 Å². The summed E-state index contributed by atoms with van der Waals surface area (Å²) >= 11 is 0. The third-order valence-corrected chi connectivity index (χ3v) is 2.38. The summed E-state index contributed by atoms with van der Waals surface area (Å²) in [5.74, 6) is -1.38. The van der Waals surface area contributed by atoms with Gasteiger partial charge in [-0.1, -0.05) is 6.07 Å². The van der Waals surface area contributed by atoms with Gasteiger partial charge in [0.1, 0.15) is 11.5 Å². The van der Waals surface area contributed by atoms with Gasteiger partial charge in [-0.05, 0) is 35.4 Å². The number of hydrogen-bond acceptors (Lipinski definition) is 2. The van der Waals surface area contributed by atoms with E-state index >= 15 is 0 Å². The number of ether oxygens (including phenoxy) is 1. The summed E-state index contributed by atoms with van der Waals surface area (Å²) in [5.41, 5.74) is 1.03. The molecule has 0 aliphatic heterocycles. The molecule has 2 aromatic carbocycles. The zero-order chi connectivity index (χ0) is 12.4. The second-order valence-corrected chi connectivity index (χ2v) is 3.55. The lowest BCUT2D eigenvalue weighted by atomic mass is 10.0. The summed E-state index contributed by atoms with van der Waals surface area (Å²) in [7, 11) is 1.46. The van der Waals surface area contributed by atoms with Crippen LogP contribution in [0.5, 0.6) is 11.5 Å². The average molecular weight is 236 g/mol. The molecular weight excluding hydrogens is 226 g/mol. The van der Waals surface area contributed by atoms with E-state index < -0.39 is 11.6 Å². The van der Waals surface area contributed by atoms with Crippen molar-refractivity contribution in [3.05, 3.63) is 48.0 Å². The van der Waals surface area contributed by atoms with E-state index in [0.717, 1.165) is 12.1 Å². The first kappa shape index (κ1) is 11.4. The van der Waals surface area contributed by atoms with E-state index in [0.29, 0.717) is 16.9 Å². The van der Waals surface area contributed by atoms with Gasteiger partial charge in [-0.3, -0.25) is 0 Å². The first-order valence-corrected chi connectivity index (χ1v) is 4.93. The van der Waals surface area contributed by atoms with Crippen molar-refractivity contribution < 1.29 is 18.6 Å². The zero-order valence-corrected chi connectivity index (χ0v) is 9.08. The number of methoxy groups -OCH3 is 1. The second kappa shape index (κ2) is 4.41. The molecule has 2 rings (SSSR count). The molecule has 0 spiro atoms. The van der Waals surface area contributed by atoms with E-state index in [-0.39, 0.29) is 5.75 Å². The first-order valence-electron chi connectivity index (χ1n) is 4.93. The van der Waals surface area contributed by atoms with Gasteiger partial charge in [0.2, 0.25) is 0 Å². The fraction of sp³-hybridized carbons (Fsp3) is 0.0769. The van der Waals surface area contributed by atoms with Gasteiger partial charge in [0.05, 0.1) is 7.11 Å². The molecule has 0 aromatic heterocycles. The number of phenols is 1. The Hall–Kier alpha value is -2.10. The highest BCUT2D eigenvalue weighted by molar-refractivity contribution is 5.67. The lowest BCUT2D eigenvalue weighted by Gasteiger charge is -2.06. The average Bonchev–Trinajstić information content (AvgIpc) is 2.32. The number of rotatable bonds is 2. The van der Waals surface area contributed by atoms with Crippen LogP contribution in [0.2, 0.25) is 0 Å². The van der Waals surface area contributed by atoms with E-state index in [2.05, 4.69) is 0 Å². The van der Waals surface area contributed by atoms with E-state index in [1.54, 1.807) is 6.07 Å². The normalized spacial score (nSPS) is 10.3. The maximum Gasteiger partial charge on any atom is 0.159 e. The van der Waals surface area contributed by atoms with Crippen molar-refractivity contribution in [1.29, 1.82) is 0 Å². The van der Waals surface area contributed by atoms with Gasteiger partial charge < -0.3 is 9.84 Å². The van der Waals surface area contributed by atoms with Gasteiger partial charge in [-0.15, -0.1) is 0 Å². The van der Waals surface area contributed by atoms with Crippen molar-refractivity contribution in [2.45, 2.75) is 0 Å². The molecule has 2 aromatic rings. The van der Waals surface area contributed by atoms with E-state index in [9.17, 15) is 13.9 Å². The molecule has 0 atom stereocenters. The topological polar surface area (TPSA) is 29.5 Å². The summed E-state index contributed by atoms with van der Waals surface area (Å²) in [5, 5.41) is 9.46. The van der Waals surface area contributed by atoms with Crippen LogP contribution in [0.15, 0.2) is 36.4 Å². The minimum atomic E-state index is -0.926. The highest BCUT2D eigenvalue weighted by Gasteiger charge is 2.07. The number of halogens is 2. The molecule has 4 heteroatoms. The molecule has 0 unspecified atom stereocenters. The zero-order valence-electron chi connectivity index (χ0n) is 9.08. The maximum atomic E-state index is 13.1. The lowest BCUT2D eigenvalue weighted by molar-refractivity contribution is 0.408. The molecule has 0 aliphatic rings. The minimum Gasteiger partial charge on any atom is -0.508 e. The molecule has 0 aliphatic carbocycles. The smallest absolute Gasteiger partial charge is 0.159 e. The molecule has 0 saturated carbocycles. The summed E-state index contributed by atoms with van der Waals surface area (Å²) in [6.07, 6.45) is 0. The highest BCUT2D eigenvalue weighted by atomic mass is 19.2. The van der Waals surface area contributed by atoms with Crippen LogP contribution in [0, 0.1) is 11.6 Å². The van der Waals surface area contributed by atoms with Crippen molar-refractivity contribution >= 4 is 0 Å². The molecule has 88 valence electrons. The molecule has 0 bridgehead atoms. The van der Waals surface area contributed by atoms with Gasteiger partial charge >= 0.3 is 0 Å². The molecule has 2 nitrogen and oxygen atoms in total. The van der Waals surface area contributed by atoms with Crippen molar-refractivity contribution in [3.8, 4) is 22.6 Å². The molecule has 0 radical (unpaired) electrons. The minimum absolute atomic E-state index is 0.00378. The monoisotopic (exact) mass is 236 g/mol. The predicted molar refractivity (Wildman–Crippen MR) is 60.0 cm³/mol. The van der Waals surface area contributed by atoms with Crippen LogP contribution in [0.3, 0.4) is 0 Å². The SMILES string of the molecule is COc1cc(O)cc(-c2ccc(F)c(F)c2)c1. The number of aromatic hydroxyl groups is 1. The Balaban J connectivity index is 2.52. The van der Waals surface area contributed by atoms with E-state index in [4.69, 9.17) is 4.74 Å². The maximum absolute atomic E-state index is 13.1. The molecule has 0 amide bonds. The lowest BCUT2D eigenvalue weighted by Crippen LogP contribution is -1.87. The summed E-state index contributed by atoms with van der Waals surface area (Å²) in [4.78, 5) is 0. The Morgan fingerprint density at radius 2 is 1.71 bits per heavy atom. The number of hydrogen-bond donors (Lipinski definition) is 1. The fourth-order valence-corrected chi connectivity index (χ4v) is 1.54. The molecule has 0 saturated heterocycles. The van der Waals surface area contributed by atoms with Crippen LogP contribution >= 0.6 is 0 Å². The van der Waals surface area contributed by atoms with Crippen molar-refractivity contribution in [2.24, 2.45) is 0 Å². The van der Waals surface area contributed by atoms with Crippen LogP contribution < -0.4 is 4.74 Å². The Morgan fingerprint density at radius 1 is 0.941 bits per heavy atom. The Kier molecular flexibility index (Phi) is 2.95. The van der Waals surface area contributed by atoms with Gasteiger partial charge in [0.15, 0.2) is 11.6 Å². The van der Waals surface area contributed by atoms with Crippen LogP contribution in [-0.4, -0.2) is 12.2 Å². The third kappa shape index (κ3) is 2.36. The van der Waals surface area contributed by atoms with Crippen molar-refractivity contribution in [2.75, 3.05) is 7.11 Å². The van der Waals surface area contributed by atoms with Gasteiger partial charge in [0.25, 0.3) is 0 Å². The summed E-state index contributed by atoms with van der Waals surface area (Å²) in [6.45, 7) is 0. The highest BCUT2D eigenvalue weighted by Crippen LogP contribution is 2.29. The Bertz CT molecular complexity index is 553. The second-order valence-electron chi connectivity index (χ2n) is 3.55. The standard InChI is InChI=1S/C13H10F2O2/c1-17-11-5-9(4-10(16)7-11)8-2-3-12(14)13(15)6-8/h2-7,16H,1H3. The van der Waals surface area contributed by atoms with Crippen LogP contribution in [0.1, 0.15) is 0 Å². The summed E-state index contributed by atoms with van der Waals surface area (Å²) in [6, 6.07) is 8.07. The van der Waals surface area contributed by atoms with Crippen LogP contribution in [0.4, 0.5) is 8.78 Å². The molecular formula is C13H10F2O2. The Labute approximate surface area is 97.1 Å². The van der Waals surface area contributed by atoms with Gasteiger partial charge in [0, 0.05) is 6.07 Å². The van der Waals surface area contributed by atoms with Crippen LogP contribution in [0.25, 0.3) is 11.1 Å². The number of benzene rings is 2. The van der Waals surface area contributed by atoms with E-state index in [1.807, 2.05) is 0 Å². The Morgan fingerprint density at radius 3 is 2.35 bits per heavy atom. The molecule has 0 heterocycles. The molecule has 17 heavy (non-hydrogen) atoms. The fourth-order valence-electron chi connectivity index (χ4n) is 1.54. The third-order valence-electron chi connectivity index (χ3n) is 2.38. The number of phenolic OH excluding ortho intramolecular Hbond substituents is 1. The van der Waals surface area contributed by atoms with Gasteiger partial charge in [-0.2, -0.15) is 0 Å². The van der Waals surface area contributed by atoms with Crippen molar-refractivity contribution in [3.63, 3.8) is 0 Å². The molecule has 0 fully saturated rings. The van der Waals surface area contributed by atoms with Crippen molar-refractivity contribution in [1.82, 2.24) is 0 Å². The largest absolute Gasteiger partial charge is 0.508 e. The molecule has 1 N–H and O–H groups in total. The quantitative estimate of drug-likeness (QED) is 0.866. The van der Waals surface area contributed by atoms with E-state index in [1.165, 1.54) is 25.3 Å². The summed E-state index contributed by atoms with van der Waals surface area (Å²) < 4.78 is 30.9.